The minimum atomic E-state index is -0.306. The first-order valence-electron chi connectivity index (χ1n) is 14.1. The van der Waals surface area contributed by atoms with Gasteiger partial charge in [-0.3, -0.25) is 0 Å². The van der Waals surface area contributed by atoms with E-state index in [1.807, 2.05) is 67.6 Å². The summed E-state index contributed by atoms with van der Waals surface area (Å²) in [4.78, 5) is 20.7. The molecule has 0 radical (unpaired) electrons. The number of rotatable bonds is 8. The predicted octanol–water partition coefficient (Wildman–Crippen LogP) is 7.07. The van der Waals surface area contributed by atoms with Gasteiger partial charge in [0.25, 0.3) is 0 Å². The van der Waals surface area contributed by atoms with Crippen LogP contribution >= 0.6 is 0 Å². The second kappa shape index (κ2) is 11.9. The van der Waals surface area contributed by atoms with Crippen molar-refractivity contribution in [1.82, 2.24) is 25.6 Å². The van der Waals surface area contributed by atoms with Crippen LogP contribution in [0, 0.1) is 12.3 Å². The van der Waals surface area contributed by atoms with Crippen molar-refractivity contribution in [1.29, 1.82) is 0 Å². The number of nitrogens with one attached hydrogen (secondary N) is 3. The summed E-state index contributed by atoms with van der Waals surface area (Å²) in [5.41, 5.74) is 5.33. The lowest BCUT2D eigenvalue weighted by atomic mass is 9.75. The quantitative estimate of drug-likeness (QED) is 0.221. The van der Waals surface area contributed by atoms with Crippen LogP contribution in [0.25, 0.3) is 22.6 Å². The van der Waals surface area contributed by atoms with E-state index in [1.54, 1.807) is 0 Å². The first kappa shape index (κ1) is 27.3. The van der Waals surface area contributed by atoms with Crippen molar-refractivity contribution < 1.29 is 4.79 Å². The summed E-state index contributed by atoms with van der Waals surface area (Å²) < 4.78 is 0. The lowest BCUT2D eigenvalue weighted by molar-refractivity contribution is 0.219. The summed E-state index contributed by atoms with van der Waals surface area (Å²) in [7, 11) is 0. The van der Waals surface area contributed by atoms with Gasteiger partial charge in [-0.15, -0.1) is 10.2 Å². The number of hydrogen-bond acceptors (Lipinski definition) is 6. The second-order valence-electron chi connectivity index (χ2n) is 11.4. The number of aromatic nitrogens is 5. The fourth-order valence-electron chi connectivity index (χ4n) is 5.40. The summed E-state index contributed by atoms with van der Waals surface area (Å²) in [5.74, 6) is 1.35. The van der Waals surface area contributed by atoms with Gasteiger partial charge in [0.15, 0.2) is 0 Å². The molecule has 9 heteroatoms. The van der Waals surface area contributed by atoms with Gasteiger partial charge in [-0.1, -0.05) is 62.7 Å². The number of carbonyl (C=O) groups is 1. The molecule has 2 aromatic heterocycles. The molecule has 0 saturated heterocycles. The number of hydrogen-bond donors (Lipinski definition) is 3. The van der Waals surface area contributed by atoms with E-state index in [1.165, 1.54) is 12.8 Å². The molecule has 0 aliphatic heterocycles. The number of urea groups is 1. The molecular formula is C31H38N8O. The Kier molecular flexibility index (Phi) is 8.09. The average Bonchev–Trinajstić information content (AvgIpc) is 3.48. The number of pyridine rings is 1. The summed E-state index contributed by atoms with van der Waals surface area (Å²) in [6.07, 6.45) is 5.61. The Morgan fingerprint density at radius 3 is 2.38 bits per heavy atom. The van der Waals surface area contributed by atoms with Gasteiger partial charge in [-0.2, -0.15) is 5.21 Å². The Morgan fingerprint density at radius 1 is 1.00 bits per heavy atom. The van der Waals surface area contributed by atoms with Crippen molar-refractivity contribution in [3.63, 3.8) is 0 Å². The Hall–Kier alpha value is -4.27. The van der Waals surface area contributed by atoms with E-state index >= 15 is 0 Å². The molecule has 0 unspecified atom stereocenters. The average molecular weight is 539 g/mol. The SMILES string of the molecule is CCCN(c1cc(NC(=O)Nc2ccc(C)cc2)cc(-c2ccccc2-c2nn[nH]n2)n1)C1CCC(C)(C)CC1. The molecule has 208 valence electrons. The number of carbonyl (C=O) groups excluding carboxylic acids is 1. The Morgan fingerprint density at radius 2 is 1.70 bits per heavy atom. The van der Waals surface area contributed by atoms with Crippen molar-refractivity contribution in [2.75, 3.05) is 22.1 Å². The van der Waals surface area contributed by atoms with Crippen LogP contribution in [-0.4, -0.2) is 44.2 Å². The highest BCUT2D eigenvalue weighted by molar-refractivity contribution is 6.00. The minimum absolute atomic E-state index is 0.306. The normalized spacial score (nSPS) is 15.0. The zero-order valence-electron chi connectivity index (χ0n) is 23.7. The van der Waals surface area contributed by atoms with Gasteiger partial charge in [-0.05, 0) is 67.9 Å². The van der Waals surface area contributed by atoms with Crippen molar-refractivity contribution in [3.05, 3.63) is 66.2 Å². The van der Waals surface area contributed by atoms with E-state index in [0.717, 1.165) is 59.7 Å². The molecule has 0 atom stereocenters. The van der Waals surface area contributed by atoms with E-state index in [0.29, 0.717) is 23.0 Å². The fraction of sp³-hybridized carbons (Fsp3) is 0.387. The Bertz CT molecular complexity index is 1420. The van der Waals surface area contributed by atoms with Crippen LogP contribution in [0.3, 0.4) is 0 Å². The maximum absolute atomic E-state index is 13.1. The molecule has 2 amide bonds. The third kappa shape index (κ3) is 6.47. The molecule has 40 heavy (non-hydrogen) atoms. The lowest BCUT2D eigenvalue weighted by Crippen LogP contribution is -2.41. The van der Waals surface area contributed by atoms with Crippen LogP contribution in [-0.2, 0) is 0 Å². The molecule has 0 spiro atoms. The van der Waals surface area contributed by atoms with Gasteiger partial charge in [0.05, 0.1) is 5.69 Å². The van der Waals surface area contributed by atoms with Gasteiger partial charge in [-0.25, -0.2) is 9.78 Å². The molecule has 5 rings (SSSR count). The highest BCUT2D eigenvalue weighted by Gasteiger charge is 2.31. The summed E-state index contributed by atoms with van der Waals surface area (Å²) >= 11 is 0. The number of aryl methyl sites for hydroxylation is 1. The molecular weight excluding hydrogens is 500 g/mol. The summed E-state index contributed by atoms with van der Waals surface area (Å²) in [6.45, 7) is 9.82. The number of anilines is 3. The molecule has 2 aromatic carbocycles. The van der Waals surface area contributed by atoms with Gasteiger partial charge in [0.2, 0.25) is 5.82 Å². The minimum Gasteiger partial charge on any atom is -0.354 e. The molecule has 9 nitrogen and oxygen atoms in total. The van der Waals surface area contributed by atoms with Crippen molar-refractivity contribution in [2.45, 2.75) is 65.8 Å². The Balaban J connectivity index is 1.52. The molecule has 1 saturated carbocycles. The number of benzene rings is 2. The number of aromatic amines is 1. The van der Waals surface area contributed by atoms with Gasteiger partial charge < -0.3 is 15.5 Å². The molecule has 1 aliphatic carbocycles. The highest BCUT2D eigenvalue weighted by Crippen LogP contribution is 2.39. The topological polar surface area (TPSA) is 112 Å². The number of H-pyrrole nitrogens is 1. The third-order valence-electron chi connectivity index (χ3n) is 7.68. The Labute approximate surface area is 235 Å². The van der Waals surface area contributed by atoms with Crippen molar-refractivity contribution in [3.8, 4) is 22.6 Å². The zero-order chi connectivity index (χ0) is 28.1. The van der Waals surface area contributed by atoms with Gasteiger partial charge in [0.1, 0.15) is 5.82 Å². The van der Waals surface area contributed by atoms with E-state index in [9.17, 15) is 4.79 Å². The van der Waals surface area contributed by atoms with Crippen molar-refractivity contribution in [2.24, 2.45) is 5.41 Å². The van der Waals surface area contributed by atoms with Crippen LogP contribution in [0.15, 0.2) is 60.7 Å². The molecule has 2 heterocycles. The van der Waals surface area contributed by atoms with Gasteiger partial charge in [0, 0.05) is 41.2 Å². The van der Waals surface area contributed by atoms with Gasteiger partial charge >= 0.3 is 6.03 Å². The standard InChI is InChI=1S/C31H38N8O/c1-5-18-39(24-14-16-31(3,4)17-15-24)28-20-23(33-30(40)32-22-12-10-21(2)11-13-22)19-27(34-28)25-8-6-7-9-26(25)29-35-37-38-36-29/h6-13,19-20,24H,5,14-18H2,1-4H3,(H2,32,33,34,40)(H,35,36,37,38). The van der Waals surface area contributed by atoms with E-state index < -0.39 is 0 Å². The number of amides is 2. The largest absolute Gasteiger partial charge is 0.354 e. The summed E-state index contributed by atoms with van der Waals surface area (Å²) in [6, 6.07) is 19.6. The lowest BCUT2D eigenvalue weighted by Gasteiger charge is -2.41. The van der Waals surface area contributed by atoms with E-state index in [-0.39, 0.29) is 6.03 Å². The number of tetrazole rings is 1. The molecule has 1 fully saturated rings. The smallest absolute Gasteiger partial charge is 0.323 e. The highest BCUT2D eigenvalue weighted by atomic mass is 16.2. The van der Waals surface area contributed by atoms with Crippen LogP contribution < -0.4 is 15.5 Å². The van der Waals surface area contributed by atoms with E-state index in [4.69, 9.17) is 4.98 Å². The first-order chi connectivity index (χ1) is 19.3. The first-order valence-corrected chi connectivity index (χ1v) is 14.1. The van der Waals surface area contributed by atoms with Crippen LogP contribution in [0.2, 0.25) is 0 Å². The van der Waals surface area contributed by atoms with E-state index in [2.05, 4.69) is 56.9 Å². The third-order valence-corrected chi connectivity index (χ3v) is 7.68. The fourth-order valence-corrected chi connectivity index (χ4v) is 5.40. The number of nitrogens with zero attached hydrogens (tertiary/aromatic N) is 5. The predicted molar refractivity (Wildman–Crippen MR) is 160 cm³/mol. The van der Waals surface area contributed by atoms with Crippen molar-refractivity contribution >= 4 is 23.2 Å². The molecule has 1 aliphatic rings. The molecule has 3 N–H and O–H groups in total. The maximum atomic E-state index is 13.1. The second-order valence-corrected chi connectivity index (χ2v) is 11.4. The zero-order valence-corrected chi connectivity index (χ0v) is 23.7. The van der Waals surface area contributed by atoms with Crippen LogP contribution in [0.1, 0.15) is 58.4 Å². The van der Waals surface area contributed by atoms with Crippen LogP contribution in [0.5, 0.6) is 0 Å². The van der Waals surface area contributed by atoms with Crippen LogP contribution in [0.4, 0.5) is 22.0 Å². The molecule has 0 bridgehead atoms. The maximum Gasteiger partial charge on any atom is 0.323 e. The monoisotopic (exact) mass is 538 g/mol. The molecule has 4 aromatic rings. The summed E-state index contributed by atoms with van der Waals surface area (Å²) in [5, 5.41) is 20.7.